The van der Waals surface area contributed by atoms with Gasteiger partial charge < -0.3 is 21.5 Å². The number of fused-ring (bicyclic) bond motifs is 1. The number of aliphatic carboxylic acids is 1. The molecular weight excluding hydrogens is 422 g/mol. The topological polar surface area (TPSA) is 159 Å². The summed E-state index contributed by atoms with van der Waals surface area (Å²) < 4.78 is 0. The second-order valence-corrected chi connectivity index (χ2v) is 6.67. The summed E-state index contributed by atoms with van der Waals surface area (Å²) in [5.41, 5.74) is 7.99. The Bertz CT molecular complexity index is 1220. The van der Waals surface area contributed by atoms with Crippen LogP contribution in [0, 0.1) is 0 Å². The Labute approximate surface area is 181 Å². The van der Waals surface area contributed by atoms with Gasteiger partial charge in [0, 0.05) is 34.9 Å². The highest BCUT2D eigenvalue weighted by Crippen LogP contribution is 2.24. The molecule has 31 heavy (non-hydrogen) atoms. The number of hydrogen-bond acceptors (Lipinski definition) is 7. The van der Waals surface area contributed by atoms with Crippen LogP contribution in [0.4, 0.5) is 23.1 Å². The summed E-state index contributed by atoms with van der Waals surface area (Å²) in [6.07, 6.45) is 1.56. The van der Waals surface area contributed by atoms with Crippen molar-refractivity contribution in [1.29, 1.82) is 0 Å². The Hall–Kier alpha value is -4.18. The number of aromatic nitrogens is 4. The number of rotatable bonds is 4. The second-order valence-electron chi connectivity index (χ2n) is 6.24. The summed E-state index contributed by atoms with van der Waals surface area (Å²) >= 11 is 5.87. The number of carbonyl (C=O) groups is 2. The first-order chi connectivity index (χ1) is 14.8. The van der Waals surface area contributed by atoms with Gasteiger partial charge in [-0.15, -0.1) is 0 Å². The highest BCUT2D eigenvalue weighted by atomic mass is 35.5. The number of benzene rings is 2. The Morgan fingerprint density at radius 3 is 2.45 bits per heavy atom. The molecule has 1 amide bonds. The van der Waals surface area contributed by atoms with Gasteiger partial charge in [0.2, 0.25) is 5.95 Å². The Balaban J connectivity index is 0.000000628. The van der Waals surface area contributed by atoms with Crippen LogP contribution in [-0.4, -0.2) is 37.1 Å². The maximum Gasteiger partial charge on any atom is 0.300 e. The summed E-state index contributed by atoms with van der Waals surface area (Å²) in [5, 5.41) is 21.6. The summed E-state index contributed by atoms with van der Waals surface area (Å²) in [6.45, 7) is 1.08. The van der Waals surface area contributed by atoms with Crippen LogP contribution in [0.3, 0.4) is 0 Å². The normalized spacial score (nSPS) is 10.1. The molecule has 0 bridgehead atoms. The Morgan fingerprint density at radius 2 is 1.77 bits per heavy atom. The molecule has 2 aromatic heterocycles. The molecule has 0 spiro atoms. The lowest BCUT2D eigenvalue weighted by molar-refractivity contribution is -0.134. The molecule has 0 aliphatic rings. The van der Waals surface area contributed by atoms with Crippen LogP contribution in [0.25, 0.3) is 10.9 Å². The highest BCUT2D eigenvalue weighted by molar-refractivity contribution is 6.30. The number of nitrogens with two attached hydrogens (primary N) is 1. The number of H-pyrrole nitrogens is 1. The van der Waals surface area contributed by atoms with Gasteiger partial charge in [-0.25, -0.2) is 4.98 Å². The van der Waals surface area contributed by atoms with Crippen molar-refractivity contribution in [2.45, 2.75) is 6.92 Å². The van der Waals surface area contributed by atoms with E-state index in [0.717, 1.165) is 18.1 Å². The van der Waals surface area contributed by atoms with E-state index in [0.29, 0.717) is 21.9 Å². The number of anilines is 4. The number of carboxylic acid groups (broad SMARTS) is 1. The Morgan fingerprint density at radius 1 is 1.10 bits per heavy atom. The van der Waals surface area contributed by atoms with E-state index in [9.17, 15) is 4.79 Å². The standard InChI is InChI=1S/C18H14ClN7O.C2H4O2/c19-10-1-3-11(4-2-10)23-17(27)16-13-9-12(5-6-14(13)25-26-16)22-15-7-8-21-18(20)24-15;1-2(3)4/h1-9H,(H,23,27)(H,25,26)(H3,20,21,22,24);1H3,(H,3,4). The van der Waals surface area contributed by atoms with Gasteiger partial charge in [0.25, 0.3) is 11.9 Å². The summed E-state index contributed by atoms with van der Waals surface area (Å²) in [5.74, 6) is -0.433. The monoisotopic (exact) mass is 439 g/mol. The van der Waals surface area contributed by atoms with Gasteiger partial charge in [0.1, 0.15) is 5.82 Å². The zero-order valence-electron chi connectivity index (χ0n) is 16.3. The third-order valence-corrected chi connectivity index (χ3v) is 4.08. The van der Waals surface area contributed by atoms with Gasteiger partial charge in [-0.1, -0.05) is 11.6 Å². The van der Waals surface area contributed by atoms with E-state index in [-0.39, 0.29) is 17.5 Å². The zero-order valence-corrected chi connectivity index (χ0v) is 17.0. The first-order valence-corrected chi connectivity index (χ1v) is 9.30. The SMILES string of the molecule is CC(=O)O.Nc1nccc(Nc2ccc3[nH]nc(C(=O)Nc4ccc(Cl)cc4)c3c2)n1. The molecule has 11 heteroatoms. The lowest BCUT2D eigenvalue weighted by Gasteiger charge is -2.06. The number of aromatic amines is 1. The van der Waals surface area contributed by atoms with Gasteiger partial charge in [0.05, 0.1) is 5.52 Å². The van der Waals surface area contributed by atoms with Crippen molar-refractivity contribution >= 4 is 57.5 Å². The molecule has 0 aliphatic carbocycles. The molecule has 2 heterocycles. The minimum atomic E-state index is -0.833. The number of nitrogens with one attached hydrogen (secondary N) is 3. The average Bonchev–Trinajstić information content (AvgIpc) is 3.13. The fourth-order valence-corrected chi connectivity index (χ4v) is 2.71. The maximum absolute atomic E-state index is 12.6. The molecule has 2 aromatic carbocycles. The van der Waals surface area contributed by atoms with Gasteiger partial charge in [-0.05, 0) is 48.5 Å². The third kappa shape index (κ3) is 5.90. The highest BCUT2D eigenvalue weighted by Gasteiger charge is 2.15. The van der Waals surface area contributed by atoms with Gasteiger partial charge >= 0.3 is 0 Å². The summed E-state index contributed by atoms with van der Waals surface area (Å²) in [7, 11) is 0. The molecule has 0 saturated heterocycles. The number of nitrogen functional groups attached to an aromatic ring is 1. The minimum Gasteiger partial charge on any atom is -0.481 e. The summed E-state index contributed by atoms with van der Waals surface area (Å²) in [6, 6.07) is 14.0. The molecule has 10 nitrogen and oxygen atoms in total. The quantitative estimate of drug-likeness (QED) is 0.322. The molecule has 0 aliphatic heterocycles. The molecular formula is C20H18ClN7O3. The van der Waals surface area contributed by atoms with E-state index in [1.165, 1.54) is 0 Å². The maximum atomic E-state index is 12.6. The van der Waals surface area contributed by atoms with Crippen LogP contribution in [0.5, 0.6) is 0 Å². The van der Waals surface area contributed by atoms with Crippen LogP contribution in [0.15, 0.2) is 54.7 Å². The van der Waals surface area contributed by atoms with Gasteiger partial charge in [-0.2, -0.15) is 10.1 Å². The molecule has 4 aromatic rings. The molecule has 6 N–H and O–H groups in total. The van der Waals surface area contributed by atoms with Crippen molar-refractivity contribution in [3.63, 3.8) is 0 Å². The molecule has 0 fully saturated rings. The van der Waals surface area contributed by atoms with Crippen LogP contribution < -0.4 is 16.4 Å². The lowest BCUT2D eigenvalue weighted by Crippen LogP contribution is -2.12. The Kier molecular flexibility index (Phi) is 6.63. The first-order valence-electron chi connectivity index (χ1n) is 8.92. The first kappa shape index (κ1) is 21.5. The molecule has 0 unspecified atom stereocenters. The number of halogens is 1. The van der Waals surface area contributed by atoms with Crippen LogP contribution >= 0.6 is 11.6 Å². The number of hydrogen-bond donors (Lipinski definition) is 5. The molecule has 0 radical (unpaired) electrons. The van der Waals surface area contributed by atoms with Crippen molar-refractivity contribution in [1.82, 2.24) is 20.2 Å². The van der Waals surface area contributed by atoms with Crippen LogP contribution in [-0.2, 0) is 4.79 Å². The average molecular weight is 440 g/mol. The number of carbonyl (C=O) groups excluding carboxylic acids is 1. The number of nitrogens with zero attached hydrogens (tertiary/aromatic N) is 3. The smallest absolute Gasteiger partial charge is 0.300 e. The molecule has 0 atom stereocenters. The van der Waals surface area contributed by atoms with Crippen LogP contribution in [0.1, 0.15) is 17.4 Å². The van der Waals surface area contributed by atoms with E-state index in [1.54, 1.807) is 36.5 Å². The zero-order chi connectivity index (χ0) is 22.4. The van der Waals surface area contributed by atoms with E-state index in [1.807, 2.05) is 18.2 Å². The molecule has 0 saturated carbocycles. The predicted molar refractivity (Wildman–Crippen MR) is 119 cm³/mol. The third-order valence-electron chi connectivity index (χ3n) is 3.83. The van der Waals surface area contributed by atoms with Gasteiger partial charge in [0.15, 0.2) is 5.69 Å². The van der Waals surface area contributed by atoms with Crippen molar-refractivity contribution in [3.05, 3.63) is 65.4 Å². The minimum absolute atomic E-state index is 0.174. The fourth-order valence-electron chi connectivity index (χ4n) is 2.58. The van der Waals surface area contributed by atoms with Crippen molar-refractivity contribution < 1.29 is 14.7 Å². The van der Waals surface area contributed by atoms with E-state index in [2.05, 4.69) is 30.8 Å². The molecule has 158 valence electrons. The van der Waals surface area contributed by atoms with Crippen molar-refractivity contribution in [2.24, 2.45) is 0 Å². The largest absolute Gasteiger partial charge is 0.481 e. The second kappa shape index (κ2) is 9.55. The number of carboxylic acids is 1. The fraction of sp³-hybridized carbons (Fsp3) is 0.0500. The van der Waals surface area contributed by atoms with Gasteiger partial charge in [-0.3, -0.25) is 14.7 Å². The number of amides is 1. The lowest BCUT2D eigenvalue weighted by atomic mass is 10.1. The molecule has 4 rings (SSSR count). The van der Waals surface area contributed by atoms with E-state index in [4.69, 9.17) is 27.2 Å². The van der Waals surface area contributed by atoms with Crippen molar-refractivity contribution in [3.8, 4) is 0 Å². The van der Waals surface area contributed by atoms with E-state index >= 15 is 0 Å². The summed E-state index contributed by atoms with van der Waals surface area (Å²) in [4.78, 5) is 29.6. The predicted octanol–water partition coefficient (Wildman–Crippen LogP) is 3.68. The van der Waals surface area contributed by atoms with Crippen molar-refractivity contribution in [2.75, 3.05) is 16.4 Å². The van der Waals surface area contributed by atoms with Crippen LogP contribution in [0.2, 0.25) is 5.02 Å². The van der Waals surface area contributed by atoms with E-state index < -0.39 is 5.97 Å².